The second kappa shape index (κ2) is 14.5. The zero-order valence-electron chi connectivity index (χ0n) is 26.4. The Morgan fingerprint density at radius 1 is 0.840 bits per heavy atom. The van der Waals surface area contributed by atoms with Crippen LogP contribution in [-0.4, -0.2) is 78.6 Å². The van der Waals surface area contributed by atoms with Crippen LogP contribution in [0.25, 0.3) is 11.1 Å². The van der Waals surface area contributed by atoms with Gasteiger partial charge < -0.3 is 20.3 Å². The Balaban J connectivity index is 1.18. The smallest absolute Gasteiger partial charge is 0.434 e. The number of amides is 2. The first kappa shape index (κ1) is 36.9. The molecule has 0 bridgehead atoms. The summed E-state index contributed by atoms with van der Waals surface area (Å²) < 4.78 is 122. The second-order valence-corrected chi connectivity index (χ2v) is 12.3. The van der Waals surface area contributed by atoms with Crippen molar-refractivity contribution in [2.45, 2.75) is 68.2 Å². The van der Waals surface area contributed by atoms with Gasteiger partial charge in [-0.3, -0.25) is 9.59 Å². The number of nitrogens with one attached hydrogen (secondary N) is 2. The summed E-state index contributed by atoms with van der Waals surface area (Å²) in [5, 5.41) is 4.75. The van der Waals surface area contributed by atoms with Crippen molar-refractivity contribution in [2.24, 2.45) is 0 Å². The highest BCUT2D eigenvalue weighted by Crippen LogP contribution is 2.51. The van der Waals surface area contributed by atoms with Gasteiger partial charge in [0.15, 0.2) is 0 Å². The van der Waals surface area contributed by atoms with Crippen molar-refractivity contribution in [1.29, 1.82) is 0 Å². The summed E-state index contributed by atoms with van der Waals surface area (Å²) in [6.45, 7) is 0.143. The van der Waals surface area contributed by atoms with Gasteiger partial charge in [0.25, 0.3) is 12.0 Å². The van der Waals surface area contributed by atoms with Crippen LogP contribution in [0.3, 0.4) is 0 Å². The summed E-state index contributed by atoms with van der Waals surface area (Å²) in [6, 6.07) is 16.1. The average molecular weight is 717 g/mol. The van der Waals surface area contributed by atoms with Crippen LogP contribution in [0.15, 0.2) is 66.9 Å². The third kappa shape index (κ3) is 8.16. The lowest BCUT2D eigenvalue weighted by molar-refractivity contribution is -0.300. The number of hydrogen-bond acceptors (Lipinski definition) is 5. The molecule has 2 aromatic carbocycles. The number of aromatic nitrogens is 1. The van der Waals surface area contributed by atoms with Crippen molar-refractivity contribution in [3.05, 3.63) is 83.6 Å². The lowest BCUT2D eigenvalue weighted by Gasteiger charge is -2.33. The topological polar surface area (TPSA) is 83.6 Å². The molecule has 0 unspecified atom stereocenters. The first-order valence-corrected chi connectivity index (χ1v) is 15.8. The first-order chi connectivity index (χ1) is 23.5. The minimum absolute atomic E-state index is 0.260. The van der Waals surface area contributed by atoms with Gasteiger partial charge in [-0.25, -0.2) is 4.98 Å². The SMILES string of the molecule is O=C(NC1CCN(CCCCC2(C(=O)NCC(F)(F)F)c3ccccc3-c3ccccc32)CC1)c1cccnc1OC(C(F)(F)F)C(F)(F)F. The molecule has 0 saturated carbocycles. The van der Waals surface area contributed by atoms with Gasteiger partial charge in [-0.05, 0) is 66.6 Å². The van der Waals surface area contributed by atoms with Crippen molar-refractivity contribution < 1.29 is 53.8 Å². The molecule has 1 saturated heterocycles. The standard InChI is InChI=1S/C34H33F9N4O3/c35-32(36,37)20-45-30(49)31(25-11-3-1-8-22(25)23-9-2-4-12-26(23)31)15-5-6-17-47-18-13-21(14-19-47)46-27(48)24-10-7-16-44-28(24)50-29(33(38,39)40)34(41,42)43/h1-4,7-12,16,21,29H,5-6,13-15,17-20H2,(H,45,49)(H,46,48). The predicted octanol–water partition coefficient (Wildman–Crippen LogP) is 6.96. The van der Waals surface area contributed by atoms with E-state index in [1.807, 2.05) is 24.3 Å². The third-order valence-corrected chi connectivity index (χ3v) is 8.94. The Morgan fingerprint density at radius 3 is 1.98 bits per heavy atom. The number of nitrogens with zero attached hydrogens (tertiary/aromatic N) is 2. The first-order valence-electron chi connectivity index (χ1n) is 15.8. The summed E-state index contributed by atoms with van der Waals surface area (Å²) in [6.07, 6.45) is -17.2. The Kier molecular flexibility index (Phi) is 10.7. The molecule has 2 aliphatic rings. The van der Waals surface area contributed by atoms with Crippen LogP contribution in [0.4, 0.5) is 39.5 Å². The number of unbranched alkanes of at least 4 members (excludes halogenated alkanes) is 1. The average Bonchev–Trinajstić information content (AvgIpc) is 3.34. The summed E-state index contributed by atoms with van der Waals surface area (Å²) in [7, 11) is 0. The molecule has 7 nitrogen and oxygen atoms in total. The van der Waals surface area contributed by atoms with E-state index < -0.39 is 65.9 Å². The summed E-state index contributed by atoms with van der Waals surface area (Å²) in [4.78, 5) is 32.1. The van der Waals surface area contributed by atoms with Gasteiger partial charge in [0.1, 0.15) is 17.5 Å². The number of fused-ring (bicyclic) bond motifs is 3. The van der Waals surface area contributed by atoms with Crippen LogP contribution in [0.5, 0.6) is 5.88 Å². The Morgan fingerprint density at radius 2 is 1.42 bits per heavy atom. The molecular formula is C34H33F9N4O3. The zero-order valence-corrected chi connectivity index (χ0v) is 26.4. The fourth-order valence-corrected chi connectivity index (χ4v) is 6.66. The van der Waals surface area contributed by atoms with Gasteiger partial charge >= 0.3 is 18.5 Å². The molecule has 50 heavy (non-hydrogen) atoms. The summed E-state index contributed by atoms with van der Waals surface area (Å²) >= 11 is 0. The number of alkyl halides is 9. The monoisotopic (exact) mass is 716 g/mol. The highest BCUT2D eigenvalue weighted by molar-refractivity contribution is 6.00. The molecule has 16 heteroatoms. The van der Waals surface area contributed by atoms with Gasteiger partial charge in [-0.2, -0.15) is 39.5 Å². The summed E-state index contributed by atoms with van der Waals surface area (Å²) in [5.41, 5.74) is 0.987. The van der Waals surface area contributed by atoms with Crippen LogP contribution in [0.2, 0.25) is 0 Å². The van der Waals surface area contributed by atoms with Gasteiger partial charge in [-0.15, -0.1) is 0 Å². The van der Waals surface area contributed by atoms with Crippen LogP contribution in [0.1, 0.15) is 53.6 Å². The van der Waals surface area contributed by atoms with E-state index in [0.717, 1.165) is 23.4 Å². The molecule has 5 rings (SSSR count). The van der Waals surface area contributed by atoms with Crippen LogP contribution >= 0.6 is 0 Å². The number of halogens is 9. The molecule has 3 aromatic rings. The molecule has 2 heterocycles. The van der Waals surface area contributed by atoms with Gasteiger partial charge in [-0.1, -0.05) is 55.0 Å². The largest absolute Gasteiger partial charge is 0.454 e. The normalized spacial score (nSPS) is 16.5. The maximum atomic E-state index is 13.7. The molecule has 1 aliphatic heterocycles. The van der Waals surface area contributed by atoms with Crippen molar-refractivity contribution in [3.8, 4) is 17.0 Å². The van der Waals surface area contributed by atoms with Crippen molar-refractivity contribution in [1.82, 2.24) is 20.5 Å². The number of likely N-dealkylation sites (tertiary alicyclic amines) is 1. The molecule has 1 aliphatic carbocycles. The van der Waals surface area contributed by atoms with Gasteiger partial charge in [0, 0.05) is 25.3 Å². The molecule has 2 amide bonds. The van der Waals surface area contributed by atoms with Crippen LogP contribution < -0.4 is 15.4 Å². The predicted molar refractivity (Wildman–Crippen MR) is 163 cm³/mol. The Labute approximate surface area is 281 Å². The van der Waals surface area contributed by atoms with Crippen LogP contribution in [0, 0.1) is 0 Å². The Bertz CT molecular complexity index is 1610. The van der Waals surface area contributed by atoms with Crippen molar-refractivity contribution in [3.63, 3.8) is 0 Å². The molecular weight excluding hydrogens is 683 g/mol. The lowest BCUT2D eigenvalue weighted by Crippen LogP contribution is -2.47. The quantitative estimate of drug-likeness (QED) is 0.166. The van der Waals surface area contributed by atoms with E-state index >= 15 is 0 Å². The number of benzene rings is 2. The van der Waals surface area contributed by atoms with E-state index in [4.69, 9.17) is 0 Å². The Hall–Kier alpha value is -4.34. The van der Waals surface area contributed by atoms with E-state index in [1.54, 1.807) is 24.3 Å². The third-order valence-electron chi connectivity index (χ3n) is 8.94. The van der Waals surface area contributed by atoms with Gasteiger partial charge in [0.05, 0.1) is 0 Å². The molecule has 0 atom stereocenters. The van der Waals surface area contributed by atoms with E-state index in [9.17, 15) is 49.1 Å². The number of rotatable bonds is 11. The minimum atomic E-state index is -5.79. The lowest BCUT2D eigenvalue weighted by atomic mass is 9.73. The number of piperidine rings is 1. The van der Waals surface area contributed by atoms with Gasteiger partial charge in [0.2, 0.25) is 11.8 Å². The fraction of sp³-hybridized carbons (Fsp3) is 0.441. The summed E-state index contributed by atoms with van der Waals surface area (Å²) in [5.74, 6) is -2.75. The fourth-order valence-electron chi connectivity index (χ4n) is 6.66. The minimum Gasteiger partial charge on any atom is -0.454 e. The van der Waals surface area contributed by atoms with E-state index in [2.05, 4.69) is 25.3 Å². The maximum Gasteiger partial charge on any atom is 0.434 e. The zero-order chi connectivity index (χ0) is 36.3. The highest BCUT2D eigenvalue weighted by atomic mass is 19.4. The highest BCUT2D eigenvalue weighted by Gasteiger charge is 2.59. The number of hydrogen-bond donors (Lipinski definition) is 2. The number of ether oxygens (including phenoxy) is 1. The van der Waals surface area contributed by atoms with E-state index in [-0.39, 0.29) is 6.42 Å². The number of carbonyl (C=O) groups excluding carboxylic acids is 2. The van der Waals surface area contributed by atoms with Crippen molar-refractivity contribution >= 4 is 11.8 Å². The van der Waals surface area contributed by atoms with Crippen molar-refractivity contribution in [2.75, 3.05) is 26.2 Å². The molecule has 1 fully saturated rings. The molecule has 2 N–H and O–H groups in total. The second-order valence-electron chi connectivity index (χ2n) is 12.3. The molecule has 1 aromatic heterocycles. The maximum absolute atomic E-state index is 13.7. The molecule has 0 radical (unpaired) electrons. The molecule has 0 spiro atoms. The van der Waals surface area contributed by atoms with Crippen LogP contribution in [-0.2, 0) is 10.2 Å². The molecule has 270 valence electrons. The van der Waals surface area contributed by atoms with E-state index in [1.165, 1.54) is 6.07 Å². The van der Waals surface area contributed by atoms with E-state index in [0.29, 0.717) is 56.4 Å². The number of pyridine rings is 1. The number of carbonyl (C=O) groups is 2.